The molecule has 1 aromatic rings. The van der Waals surface area contributed by atoms with E-state index >= 15 is 0 Å². The van der Waals surface area contributed by atoms with Gasteiger partial charge >= 0.3 is 0 Å². The van der Waals surface area contributed by atoms with Crippen LogP contribution >= 0.6 is 0 Å². The van der Waals surface area contributed by atoms with Crippen LogP contribution in [0.2, 0.25) is 0 Å². The third kappa shape index (κ3) is 4.86. The number of carbonyl (C=O) groups is 1. The van der Waals surface area contributed by atoms with Gasteiger partial charge in [-0.3, -0.25) is 4.79 Å². The van der Waals surface area contributed by atoms with Crippen LogP contribution in [0, 0.1) is 0 Å². The Hall–Kier alpha value is -2.13. The van der Waals surface area contributed by atoms with Gasteiger partial charge in [0.05, 0.1) is 5.75 Å². The molecular formula is C11H16N4O4S. The van der Waals surface area contributed by atoms with Crippen molar-refractivity contribution in [2.24, 2.45) is 16.0 Å². The molecule has 6 N–H and O–H groups in total. The smallest absolute Gasteiger partial charge is 0.235 e. The number of primary sulfonamides is 1. The van der Waals surface area contributed by atoms with Crippen LogP contribution in [0.3, 0.4) is 0 Å². The number of carbonyl (C=O) groups excluding carboxylic acids is 1. The van der Waals surface area contributed by atoms with Crippen LogP contribution in [-0.2, 0) is 14.8 Å². The zero-order valence-corrected chi connectivity index (χ0v) is 11.4. The first-order valence-corrected chi connectivity index (χ1v) is 7.37. The number of benzene rings is 1. The molecule has 0 aromatic heterocycles. The maximum Gasteiger partial charge on any atom is 0.235 e. The fourth-order valence-corrected chi connectivity index (χ4v) is 1.96. The third-order valence-corrected chi connectivity index (χ3v) is 3.27. The van der Waals surface area contributed by atoms with E-state index in [0.29, 0.717) is 5.56 Å². The van der Waals surface area contributed by atoms with Gasteiger partial charge in [-0.2, -0.15) is 0 Å². The molecule has 1 aromatic carbocycles. The Morgan fingerprint density at radius 2 is 1.95 bits per heavy atom. The Labute approximate surface area is 116 Å². The molecule has 0 saturated heterocycles. The lowest BCUT2D eigenvalue weighted by Crippen LogP contribution is -2.39. The van der Waals surface area contributed by atoms with Crippen molar-refractivity contribution in [2.75, 3.05) is 12.3 Å². The van der Waals surface area contributed by atoms with Crippen LogP contribution < -0.4 is 16.2 Å². The molecule has 1 rings (SSSR count). The van der Waals surface area contributed by atoms with Crippen molar-refractivity contribution in [2.45, 2.75) is 5.92 Å². The Balaban J connectivity index is 2.82. The van der Waals surface area contributed by atoms with Gasteiger partial charge in [-0.15, -0.1) is 0 Å². The lowest BCUT2D eigenvalue weighted by atomic mass is 9.97. The molecule has 1 atom stereocenters. The molecule has 9 heteroatoms. The highest BCUT2D eigenvalue weighted by Crippen LogP contribution is 2.15. The SMILES string of the molecule is NC(=NO)C(C(=O)NCCS(N)(=O)=O)c1ccccc1. The average molecular weight is 300 g/mol. The van der Waals surface area contributed by atoms with E-state index in [2.05, 4.69) is 10.5 Å². The molecule has 0 aliphatic carbocycles. The normalized spacial score (nSPS) is 13.8. The Morgan fingerprint density at radius 1 is 1.35 bits per heavy atom. The second kappa shape index (κ2) is 6.87. The number of nitrogens with zero attached hydrogens (tertiary/aromatic N) is 1. The van der Waals surface area contributed by atoms with Crippen LogP contribution in [0.1, 0.15) is 11.5 Å². The maximum atomic E-state index is 12.0. The standard InChI is InChI=1S/C11H16N4O4S/c12-10(15-17)9(8-4-2-1-3-5-8)11(16)14-6-7-20(13,18)19/h1-5,9,17H,6-7H2,(H2,12,15)(H,14,16)(H2,13,18,19). The van der Waals surface area contributed by atoms with Gasteiger partial charge in [0.25, 0.3) is 0 Å². The zero-order chi connectivity index (χ0) is 15.2. The molecule has 0 heterocycles. The maximum absolute atomic E-state index is 12.0. The highest BCUT2D eigenvalue weighted by atomic mass is 32.2. The quantitative estimate of drug-likeness (QED) is 0.228. The van der Waals surface area contributed by atoms with Crippen molar-refractivity contribution < 1.29 is 18.4 Å². The van der Waals surface area contributed by atoms with Crippen LogP contribution in [0.15, 0.2) is 35.5 Å². The summed E-state index contributed by atoms with van der Waals surface area (Å²) < 4.78 is 21.6. The minimum absolute atomic E-state index is 0.153. The van der Waals surface area contributed by atoms with E-state index < -0.39 is 27.6 Å². The van der Waals surface area contributed by atoms with Gasteiger partial charge in [-0.1, -0.05) is 35.5 Å². The van der Waals surface area contributed by atoms with Crippen molar-refractivity contribution in [3.63, 3.8) is 0 Å². The Morgan fingerprint density at radius 3 is 2.45 bits per heavy atom. The van der Waals surface area contributed by atoms with Crippen LogP contribution in [-0.4, -0.2) is 37.7 Å². The zero-order valence-electron chi connectivity index (χ0n) is 10.6. The number of amides is 1. The number of rotatable bonds is 6. The van der Waals surface area contributed by atoms with Gasteiger partial charge in [-0.05, 0) is 5.56 Å². The number of hydrogen-bond donors (Lipinski definition) is 4. The summed E-state index contributed by atoms with van der Waals surface area (Å²) in [5.74, 6) is -2.25. The van der Waals surface area contributed by atoms with Crippen LogP contribution in [0.5, 0.6) is 0 Å². The van der Waals surface area contributed by atoms with Crippen LogP contribution in [0.25, 0.3) is 0 Å². The van der Waals surface area contributed by atoms with Gasteiger partial charge in [0.15, 0.2) is 5.84 Å². The molecule has 0 spiro atoms. The number of nitrogens with two attached hydrogens (primary N) is 2. The van der Waals surface area contributed by atoms with E-state index in [4.69, 9.17) is 16.1 Å². The molecule has 20 heavy (non-hydrogen) atoms. The summed E-state index contributed by atoms with van der Waals surface area (Å²) in [6.45, 7) is -0.153. The molecule has 0 aliphatic rings. The molecular weight excluding hydrogens is 284 g/mol. The summed E-state index contributed by atoms with van der Waals surface area (Å²) in [6.07, 6.45) is 0. The minimum Gasteiger partial charge on any atom is -0.409 e. The largest absolute Gasteiger partial charge is 0.409 e. The van der Waals surface area contributed by atoms with Crippen LogP contribution in [0.4, 0.5) is 0 Å². The lowest BCUT2D eigenvalue weighted by molar-refractivity contribution is -0.121. The first-order chi connectivity index (χ1) is 9.35. The van der Waals surface area contributed by atoms with Gasteiger partial charge in [0.2, 0.25) is 15.9 Å². The second-order valence-corrected chi connectivity index (χ2v) is 5.76. The van der Waals surface area contributed by atoms with Crippen molar-refractivity contribution in [1.82, 2.24) is 5.32 Å². The van der Waals surface area contributed by atoms with Gasteiger partial charge in [0.1, 0.15) is 5.92 Å². The molecule has 1 unspecified atom stereocenters. The molecule has 1 amide bonds. The van der Waals surface area contributed by atoms with E-state index in [1.54, 1.807) is 30.3 Å². The summed E-state index contributed by atoms with van der Waals surface area (Å²) in [6, 6.07) is 8.44. The van der Waals surface area contributed by atoms with Crippen molar-refractivity contribution >= 4 is 21.8 Å². The first-order valence-electron chi connectivity index (χ1n) is 5.65. The number of hydrogen-bond acceptors (Lipinski definition) is 5. The molecule has 0 saturated carbocycles. The third-order valence-electron chi connectivity index (χ3n) is 2.49. The summed E-state index contributed by atoms with van der Waals surface area (Å²) in [4.78, 5) is 12.0. The Kier molecular flexibility index (Phi) is 5.47. The van der Waals surface area contributed by atoms with E-state index in [0.717, 1.165) is 0 Å². The lowest BCUT2D eigenvalue weighted by Gasteiger charge is -2.15. The monoisotopic (exact) mass is 300 g/mol. The van der Waals surface area contributed by atoms with Crippen molar-refractivity contribution in [3.8, 4) is 0 Å². The van der Waals surface area contributed by atoms with E-state index in [1.807, 2.05) is 0 Å². The molecule has 0 fully saturated rings. The summed E-state index contributed by atoms with van der Waals surface area (Å²) in [5.41, 5.74) is 6.03. The van der Waals surface area contributed by atoms with E-state index in [-0.39, 0.29) is 12.4 Å². The minimum atomic E-state index is -3.66. The van der Waals surface area contributed by atoms with E-state index in [9.17, 15) is 13.2 Å². The fourth-order valence-electron chi connectivity index (χ4n) is 1.58. The van der Waals surface area contributed by atoms with Crippen molar-refractivity contribution in [3.05, 3.63) is 35.9 Å². The molecule has 8 nitrogen and oxygen atoms in total. The summed E-state index contributed by atoms with van der Waals surface area (Å²) in [7, 11) is -3.66. The highest BCUT2D eigenvalue weighted by Gasteiger charge is 2.25. The highest BCUT2D eigenvalue weighted by molar-refractivity contribution is 7.89. The Bertz CT molecular complexity index is 586. The van der Waals surface area contributed by atoms with Gasteiger partial charge in [-0.25, -0.2) is 13.6 Å². The summed E-state index contributed by atoms with van der Waals surface area (Å²) >= 11 is 0. The fraction of sp³-hybridized carbons (Fsp3) is 0.273. The molecule has 110 valence electrons. The number of nitrogens with one attached hydrogen (secondary N) is 1. The molecule has 0 radical (unpaired) electrons. The van der Waals surface area contributed by atoms with Crippen molar-refractivity contribution in [1.29, 1.82) is 0 Å². The predicted molar refractivity (Wildman–Crippen MR) is 73.6 cm³/mol. The molecule has 0 bridgehead atoms. The van der Waals surface area contributed by atoms with E-state index in [1.165, 1.54) is 0 Å². The van der Waals surface area contributed by atoms with Gasteiger partial charge in [0, 0.05) is 6.54 Å². The number of amidine groups is 1. The predicted octanol–water partition coefficient (Wildman–Crippen LogP) is -1.08. The summed E-state index contributed by atoms with van der Waals surface area (Å²) in [5, 5.41) is 18.8. The second-order valence-electron chi connectivity index (χ2n) is 4.03. The van der Waals surface area contributed by atoms with Gasteiger partial charge < -0.3 is 16.3 Å². The topological polar surface area (TPSA) is 148 Å². The molecule has 0 aliphatic heterocycles. The number of oxime groups is 1. The first kappa shape index (κ1) is 15.9. The number of sulfonamides is 1. The average Bonchev–Trinajstić information content (AvgIpc) is 2.38.